The van der Waals surface area contributed by atoms with E-state index >= 15 is 0 Å². The van der Waals surface area contributed by atoms with E-state index in [1.54, 1.807) is 0 Å². The van der Waals surface area contributed by atoms with Crippen LogP contribution in [0, 0.1) is 12.8 Å². The second-order valence-electron chi connectivity index (χ2n) is 7.07. The number of nitrogens with zero attached hydrogens (tertiary/aromatic N) is 3. The number of rotatable bonds is 3. The van der Waals surface area contributed by atoms with Gasteiger partial charge in [0.05, 0.1) is 0 Å². The molecule has 1 aromatic heterocycles. The number of carbonyl (C=O) groups excluding carboxylic acids is 1. The summed E-state index contributed by atoms with van der Waals surface area (Å²) in [6, 6.07) is 10.3. The molecule has 0 bridgehead atoms. The second kappa shape index (κ2) is 6.34. The lowest BCUT2D eigenvalue weighted by Crippen LogP contribution is -2.40. The monoisotopic (exact) mass is 321 g/mol. The van der Waals surface area contributed by atoms with Crippen molar-refractivity contribution in [2.75, 3.05) is 13.1 Å². The van der Waals surface area contributed by atoms with E-state index in [9.17, 15) is 4.79 Å². The van der Waals surface area contributed by atoms with E-state index in [-0.39, 0.29) is 0 Å². The van der Waals surface area contributed by atoms with Gasteiger partial charge in [0.2, 0.25) is 5.91 Å². The van der Waals surface area contributed by atoms with Crippen LogP contribution in [0.4, 0.5) is 0 Å². The fraction of sp³-hybridized carbons (Fsp3) is 0.450. The Kier molecular flexibility index (Phi) is 4.05. The molecule has 1 aliphatic heterocycles. The molecule has 0 spiro atoms. The van der Waals surface area contributed by atoms with Crippen LogP contribution in [0.5, 0.6) is 0 Å². The highest BCUT2D eigenvalue weighted by atomic mass is 16.2. The molecule has 4 rings (SSSR count). The minimum absolute atomic E-state index is 0.303. The molecule has 4 nitrogen and oxygen atoms in total. The zero-order chi connectivity index (χ0) is 16.5. The van der Waals surface area contributed by atoms with Crippen LogP contribution in [0.15, 0.2) is 36.5 Å². The van der Waals surface area contributed by atoms with Crippen molar-refractivity contribution in [2.45, 2.75) is 38.5 Å². The first kappa shape index (κ1) is 15.3. The van der Waals surface area contributed by atoms with Crippen molar-refractivity contribution in [3.8, 4) is 11.4 Å². The molecule has 2 aliphatic rings. The summed E-state index contributed by atoms with van der Waals surface area (Å²) in [4.78, 5) is 23.6. The van der Waals surface area contributed by atoms with Gasteiger partial charge in [-0.2, -0.15) is 0 Å². The van der Waals surface area contributed by atoms with Gasteiger partial charge in [0.1, 0.15) is 0 Å². The summed E-state index contributed by atoms with van der Waals surface area (Å²) >= 11 is 0. The van der Waals surface area contributed by atoms with E-state index in [4.69, 9.17) is 4.98 Å². The number of likely N-dealkylation sites (tertiary alicyclic amines) is 1. The van der Waals surface area contributed by atoms with Crippen LogP contribution >= 0.6 is 0 Å². The predicted octanol–water partition coefficient (Wildman–Crippen LogP) is 3.57. The zero-order valence-electron chi connectivity index (χ0n) is 14.1. The number of hydrogen-bond acceptors (Lipinski definition) is 3. The van der Waals surface area contributed by atoms with Crippen molar-refractivity contribution in [3.63, 3.8) is 0 Å². The first-order valence-corrected chi connectivity index (χ1v) is 8.89. The van der Waals surface area contributed by atoms with Gasteiger partial charge < -0.3 is 4.90 Å². The van der Waals surface area contributed by atoms with Crippen molar-refractivity contribution in [3.05, 3.63) is 47.8 Å². The van der Waals surface area contributed by atoms with Crippen molar-refractivity contribution >= 4 is 5.91 Å². The molecule has 1 saturated heterocycles. The number of aromatic nitrogens is 2. The van der Waals surface area contributed by atoms with Gasteiger partial charge in [0, 0.05) is 42.4 Å². The third-order valence-corrected chi connectivity index (χ3v) is 5.06. The SMILES string of the molecule is Cc1ccc(-c2nccc([C@@H]3CCCN(C(=O)C4CC4)C3)n2)cc1. The lowest BCUT2D eigenvalue weighted by molar-refractivity contribution is -0.133. The van der Waals surface area contributed by atoms with Gasteiger partial charge in [-0.3, -0.25) is 4.79 Å². The highest BCUT2D eigenvalue weighted by Crippen LogP contribution is 2.34. The van der Waals surface area contributed by atoms with Gasteiger partial charge in [-0.05, 0) is 38.7 Å². The Labute approximate surface area is 142 Å². The van der Waals surface area contributed by atoms with Gasteiger partial charge in [-0.1, -0.05) is 29.8 Å². The number of amides is 1. The van der Waals surface area contributed by atoms with Crippen LogP contribution < -0.4 is 0 Å². The molecule has 124 valence electrons. The summed E-state index contributed by atoms with van der Waals surface area (Å²) in [5, 5.41) is 0. The average molecular weight is 321 g/mol. The Morgan fingerprint density at radius 2 is 1.92 bits per heavy atom. The Balaban J connectivity index is 1.54. The van der Waals surface area contributed by atoms with Gasteiger partial charge in [0.25, 0.3) is 0 Å². The van der Waals surface area contributed by atoms with Crippen molar-refractivity contribution < 1.29 is 4.79 Å². The summed E-state index contributed by atoms with van der Waals surface area (Å²) in [5.74, 6) is 1.76. The van der Waals surface area contributed by atoms with E-state index in [0.29, 0.717) is 17.7 Å². The Hall–Kier alpha value is -2.23. The fourth-order valence-electron chi connectivity index (χ4n) is 3.45. The maximum atomic E-state index is 12.4. The van der Waals surface area contributed by atoms with Crippen LogP contribution in [-0.4, -0.2) is 33.9 Å². The molecular formula is C20H23N3O. The van der Waals surface area contributed by atoms with Gasteiger partial charge >= 0.3 is 0 Å². The van der Waals surface area contributed by atoms with Crippen molar-refractivity contribution in [1.82, 2.24) is 14.9 Å². The summed E-state index contributed by atoms with van der Waals surface area (Å²) in [7, 11) is 0. The summed E-state index contributed by atoms with van der Waals surface area (Å²) in [6.45, 7) is 3.79. The summed E-state index contributed by atoms with van der Waals surface area (Å²) < 4.78 is 0. The smallest absolute Gasteiger partial charge is 0.225 e. The van der Waals surface area contributed by atoms with E-state index in [1.165, 1.54) is 5.56 Å². The van der Waals surface area contributed by atoms with E-state index < -0.39 is 0 Å². The third-order valence-electron chi connectivity index (χ3n) is 5.06. The molecule has 2 aromatic rings. The molecule has 1 aliphatic carbocycles. The molecule has 0 unspecified atom stereocenters. The Bertz CT molecular complexity index is 737. The Morgan fingerprint density at radius 3 is 2.67 bits per heavy atom. The van der Waals surface area contributed by atoms with Crippen LogP contribution in [0.2, 0.25) is 0 Å². The summed E-state index contributed by atoms with van der Waals surface area (Å²) in [6.07, 6.45) is 6.15. The first-order chi connectivity index (χ1) is 11.7. The molecule has 1 aromatic carbocycles. The van der Waals surface area contributed by atoms with E-state index in [0.717, 1.165) is 55.9 Å². The van der Waals surface area contributed by atoms with Gasteiger partial charge in [-0.15, -0.1) is 0 Å². The molecule has 1 saturated carbocycles. The molecule has 1 amide bonds. The zero-order valence-corrected chi connectivity index (χ0v) is 14.1. The van der Waals surface area contributed by atoms with Crippen molar-refractivity contribution in [2.24, 2.45) is 5.92 Å². The van der Waals surface area contributed by atoms with Crippen LogP contribution in [-0.2, 0) is 4.79 Å². The fourth-order valence-corrected chi connectivity index (χ4v) is 3.45. The average Bonchev–Trinajstić information content (AvgIpc) is 3.47. The van der Waals surface area contributed by atoms with Gasteiger partial charge in [-0.25, -0.2) is 9.97 Å². The molecule has 4 heteroatoms. The molecule has 0 radical (unpaired) electrons. The molecule has 1 atom stereocenters. The molecule has 0 N–H and O–H groups in total. The lowest BCUT2D eigenvalue weighted by atomic mass is 9.94. The summed E-state index contributed by atoms with van der Waals surface area (Å²) in [5.41, 5.74) is 3.34. The van der Waals surface area contributed by atoms with Gasteiger partial charge in [0.15, 0.2) is 5.82 Å². The van der Waals surface area contributed by atoms with Crippen molar-refractivity contribution in [1.29, 1.82) is 0 Å². The highest BCUT2D eigenvalue weighted by molar-refractivity contribution is 5.81. The minimum atomic E-state index is 0.303. The number of benzene rings is 1. The maximum Gasteiger partial charge on any atom is 0.225 e. The lowest BCUT2D eigenvalue weighted by Gasteiger charge is -2.32. The van der Waals surface area contributed by atoms with Crippen LogP contribution in [0.25, 0.3) is 11.4 Å². The molecule has 24 heavy (non-hydrogen) atoms. The largest absolute Gasteiger partial charge is 0.342 e. The predicted molar refractivity (Wildman–Crippen MR) is 93.5 cm³/mol. The quantitative estimate of drug-likeness (QED) is 0.868. The molecule has 2 heterocycles. The standard InChI is InChI=1S/C20H23N3O/c1-14-4-6-15(7-5-14)19-21-11-10-18(22-19)17-3-2-12-23(13-17)20(24)16-8-9-16/h4-7,10-11,16-17H,2-3,8-9,12-13H2,1H3/t17-/m1/s1. The number of aryl methyl sites for hydroxylation is 1. The Morgan fingerprint density at radius 1 is 1.12 bits per heavy atom. The van der Waals surface area contributed by atoms with Crippen LogP contribution in [0.3, 0.4) is 0 Å². The van der Waals surface area contributed by atoms with E-state index in [1.807, 2.05) is 12.3 Å². The number of hydrogen-bond donors (Lipinski definition) is 0. The van der Waals surface area contributed by atoms with Crippen LogP contribution in [0.1, 0.15) is 42.9 Å². The number of piperidine rings is 1. The molecular weight excluding hydrogens is 298 g/mol. The molecule has 2 fully saturated rings. The second-order valence-corrected chi connectivity index (χ2v) is 7.07. The maximum absolute atomic E-state index is 12.4. The minimum Gasteiger partial charge on any atom is -0.342 e. The first-order valence-electron chi connectivity index (χ1n) is 8.89. The topological polar surface area (TPSA) is 46.1 Å². The normalized spacial score (nSPS) is 20.9. The number of carbonyl (C=O) groups is 1. The van der Waals surface area contributed by atoms with E-state index in [2.05, 4.69) is 41.1 Å². The third kappa shape index (κ3) is 3.18. The highest BCUT2D eigenvalue weighted by Gasteiger charge is 2.35.